The molecule has 0 aliphatic rings. The number of rotatable bonds is 7. The zero-order chi connectivity index (χ0) is 12.1. The van der Waals surface area contributed by atoms with Gasteiger partial charge in [0.1, 0.15) is 0 Å². The number of carboxylic acids is 1. The maximum atomic E-state index is 11.3. The van der Waals surface area contributed by atoms with E-state index in [2.05, 4.69) is 13.5 Å². The molecule has 2 nitrogen and oxygen atoms in total. The first kappa shape index (κ1) is 14.2. The molecule has 0 saturated heterocycles. The Morgan fingerprint density at radius 2 is 2.07 bits per heavy atom. The van der Waals surface area contributed by atoms with Crippen LogP contribution in [-0.4, -0.2) is 11.1 Å². The third kappa shape index (κ3) is 3.69. The molecule has 0 saturated carbocycles. The number of hydrogen-bond acceptors (Lipinski definition) is 1. The SMILES string of the molecule is C=CCC(C)CC(C)(C(=O)O)C(C)CC. The Bertz CT molecular complexity index is 223. The van der Waals surface area contributed by atoms with Gasteiger partial charge in [0.15, 0.2) is 0 Å². The van der Waals surface area contributed by atoms with Crippen molar-refractivity contribution < 1.29 is 9.90 Å². The largest absolute Gasteiger partial charge is 0.481 e. The molecular weight excluding hydrogens is 188 g/mol. The van der Waals surface area contributed by atoms with E-state index in [0.717, 1.165) is 19.3 Å². The van der Waals surface area contributed by atoms with Crippen LogP contribution >= 0.6 is 0 Å². The van der Waals surface area contributed by atoms with Gasteiger partial charge in [0.25, 0.3) is 0 Å². The minimum Gasteiger partial charge on any atom is -0.481 e. The predicted octanol–water partition coefficient (Wildman–Crippen LogP) is 3.73. The zero-order valence-corrected chi connectivity index (χ0v) is 10.4. The van der Waals surface area contributed by atoms with Crippen molar-refractivity contribution in [2.24, 2.45) is 17.3 Å². The van der Waals surface area contributed by atoms with Crippen LogP contribution in [0.25, 0.3) is 0 Å². The summed E-state index contributed by atoms with van der Waals surface area (Å²) in [6.07, 6.45) is 4.38. The Morgan fingerprint density at radius 1 is 1.53 bits per heavy atom. The van der Waals surface area contributed by atoms with Crippen molar-refractivity contribution in [3.05, 3.63) is 12.7 Å². The summed E-state index contributed by atoms with van der Waals surface area (Å²) < 4.78 is 0. The number of aliphatic carboxylic acids is 1. The van der Waals surface area contributed by atoms with E-state index in [9.17, 15) is 9.90 Å². The highest BCUT2D eigenvalue weighted by Crippen LogP contribution is 2.37. The van der Waals surface area contributed by atoms with Gasteiger partial charge in [0, 0.05) is 0 Å². The molecule has 3 unspecified atom stereocenters. The van der Waals surface area contributed by atoms with E-state index < -0.39 is 11.4 Å². The molecular formula is C13H24O2. The van der Waals surface area contributed by atoms with Crippen LogP contribution in [0.2, 0.25) is 0 Å². The van der Waals surface area contributed by atoms with Crippen molar-refractivity contribution >= 4 is 5.97 Å². The van der Waals surface area contributed by atoms with Crippen LogP contribution in [0.3, 0.4) is 0 Å². The number of carbonyl (C=O) groups is 1. The molecule has 0 aliphatic heterocycles. The molecule has 88 valence electrons. The summed E-state index contributed by atoms with van der Waals surface area (Å²) in [6, 6.07) is 0. The van der Waals surface area contributed by atoms with Crippen molar-refractivity contribution in [3.8, 4) is 0 Å². The molecule has 0 aromatic heterocycles. The molecule has 1 N–H and O–H groups in total. The van der Waals surface area contributed by atoms with Crippen molar-refractivity contribution in [2.75, 3.05) is 0 Å². The highest BCUT2D eigenvalue weighted by molar-refractivity contribution is 5.74. The molecule has 3 atom stereocenters. The van der Waals surface area contributed by atoms with E-state index >= 15 is 0 Å². The van der Waals surface area contributed by atoms with Crippen LogP contribution in [-0.2, 0) is 4.79 Å². The lowest BCUT2D eigenvalue weighted by Gasteiger charge is -2.33. The normalized spacial score (nSPS) is 18.9. The van der Waals surface area contributed by atoms with Gasteiger partial charge in [-0.15, -0.1) is 6.58 Å². The van der Waals surface area contributed by atoms with Crippen LogP contribution in [0.4, 0.5) is 0 Å². The smallest absolute Gasteiger partial charge is 0.309 e. The third-order valence-electron chi connectivity index (χ3n) is 3.53. The van der Waals surface area contributed by atoms with Gasteiger partial charge < -0.3 is 5.11 Å². The molecule has 0 radical (unpaired) electrons. The van der Waals surface area contributed by atoms with E-state index in [4.69, 9.17) is 0 Å². The van der Waals surface area contributed by atoms with Crippen LogP contribution in [0, 0.1) is 17.3 Å². The fraction of sp³-hybridized carbons (Fsp3) is 0.769. The Morgan fingerprint density at radius 3 is 2.40 bits per heavy atom. The van der Waals surface area contributed by atoms with E-state index in [1.165, 1.54) is 0 Å². The van der Waals surface area contributed by atoms with Gasteiger partial charge in [-0.05, 0) is 31.6 Å². The monoisotopic (exact) mass is 212 g/mol. The Labute approximate surface area is 93.4 Å². The topological polar surface area (TPSA) is 37.3 Å². The first-order valence-corrected chi connectivity index (χ1v) is 5.72. The van der Waals surface area contributed by atoms with Gasteiger partial charge in [-0.2, -0.15) is 0 Å². The lowest BCUT2D eigenvalue weighted by Crippen LogP contribution is -2.35. The zero-order valence-electron chi connectivity index (χ0n) is 10.4. The molecule has 0 amide bonds. The van der Waals surface area contributed by atoms with Crippen LogP contribution in [0.15, 0.2) is 12.7 Å². The maximum absolute atomic E-state index is 11.3. The minimum atomic E-state index is -0.673. The summed E-state index contributed by atoms with van der Waals surface area (Å²) in [4.78, 5) is 11.3. The van der Waals surface area contributed by atoms with Gasteiger partial charge in [-0.1, -0.05) is 33.3 Å². The molecule has 0 bridgehead atoms. The van der Waals surface area contributed by atoms with Gasteiger partial charge in [0.05, 0.1) is 5.41 Å². The van der Waals surface area contributed by atoms with Crippen LogP contribution < -0.4 is 0 Å². The summed E-state index contributed by atoms with van der Waals surface area (Å²) in [5, 5.41) is 9.33. The van der Waals surface area contributed by atoms with Gasteiger partial charge >= 0.3 is 5.97 Å². The van der Waals surface area contributed by atoms with E-state index in [-0.39, 0.29) is 5.92 Å². The van der Waals surface area contributed by atoms with Gasteiger partial charge in [0.2, 0.25) is 0 Å². The van der Waals surface area contributed by atoms with Gasteiger partial charge in [-0.3, -0.25) is 4.79 Å². The minimum absolute atomic E-state index is 0.210. The predicted molar refractivity (Wildman–Crippen MR) is 63.8 cm³/mol. The molecule has 2 heteroatoms. The second-order valence-corrected chi connectivity index (χ2v) is 4.87. The Kier molecular flexibility index (Phi) is 5.63. The molecule has 0 heterocycles. The molecule has 0 aromatic carbocycles. The first-order chi connectivity index (χ1) is 6.88. The molecule has 15 heavy (non-hydrogen) atoms. The van der Waals surface area contributed by atoms with Gasteiger partial charge in [-0.25, -0.2) is 0 Å². The molecule has 0 aliphatic carbocycles. The van der Waals surface area contributed by atoms with Crippen LogP contribution in [0.1, 0.15) is 47.0 Å². The average molecular weight is 212 g/mol. The van der Waals surface area contributed by atoms with Crippen molar-refractivity contribution in [1.82, 2.24) is 0 Å². The molecule has 0 aromatic rings. The molecule has 0 spiro atoms. The van der Waals surface area contributed by atoms with E-state index in [0.29, 0.717) is 5.92 Å². The second kappa shape index (κ2) is 5.94. The van der Waals surface area contributed by atoms with Crippen molar-refractivity contribution in [2.45, 2.75) is 47.0 Å². The van der Waals surface area contributed by atoms with Crippen molar-refractivity contribution in [1.29, 1.82) is 0 Å². The Hall–Kier alpha value is -0.790. The first-order valence-electron chi connectivity index (χ1n) is 5.72. The second-order valence-electron chi connectivity index (χ2n) is 4.87. The van der Waals surface area contributed by atoms with E-state index in [1.54, 1.807) is 0 Å². The fourth-order valence-electron chi connectivity index (χ4n) is 2.04. The standard InChI is InChI=1S/C13H24O2/c1-6-8-10(3)9-13(5,12(14)15)11(4)7-2/h6,10-11H,1,7-9H2,2-5H3,(H,14,15). The molecule has 0 fully saturated rings. The lowest BCUT2D eigenvalue weighted by molar-refractivity contribution is -0.152. The van der Waals surface area contributed by atoms with Crippen LogP contribution in [0.5, 0.6) is 0 Å². The quantitative estimate of drug-likeness (QED) is 0.653. The summed E-state index contributed by atoms with van der Waals surface area (Å²) >= 11 is 0. The number of allylic oxidation sites excluding steroid dienone is 1. The summed E-state index contributed by atoms with van der Waals surface area (Å²) in [6.45, 7) is 11.7. The lowest BCUT2D eigenvalue weighted by atomic mass is 9.71. The Balaban J connectivity index is 4.65. The van der Waals surface area contributed by atoms with Crippen molar-refractivity contribution in [3.63, 3.8) is 0 Å². The molecule has 0 rings (SSSR count). The summed E-state index contributed by atoms with van der Waals surface area (Å²) in [7, 11) is 0. The summed E-state index contributed by atoms with van der Waals surface area (Å²) in [5.74, 6) is -0.0763. The summed E-state index contributed by atoms with van der Waals surface area (Å²) in [5.41, 5.74) is -0.600. The maximum Gasteiger partial charge on any atom is 0.309 e. The average Bonchev–Trinajstić information content (AvgIpc) is 2.16. The highest BCUT2D eigenvalue weighted by atomic mass is 16.4. The fourth-order valence-corrected chi connectivity index (χ4v) is 2.04. The number of hydrogen-bond donors (Lipinski definition) is 1. The van der Waals surface area contributed by atoms with E-state index in [1.807, 2.05) is 26.8 Å². The highest BCUT2D eigenvalue weighted by Gasteiger charge is 2.38. The number of carboxylic acid groups (broad SMARTS) is 1. The third-order valence-corrected chi connectivity index (χ3v) is 3.53.